The smallest absolute Gasteiger partial charge is 0.161 e. The van der Waals surface area contributed by atoms with Gasteiger partial charge in [-0.05, 0) is 53.9 Å². The van der Waals surface area contributed by atoms with Crippen LogP contribution in [0.15, 0.2) is 54.9 Å². The standard InChI is InChI=1S/C20H21ClN2O2S/c1-24-19-12-16(13-23-11-8-17-3-5-20(21)26-17)2-4-18(19)25-14-15-6-9-22-10-7-15/h2-7,9-10,12,23H,8,11,13-14H2,1H3. The number of ether oxygens (including phenoxy) is 2. The molecular weight excluding hydrogens is 368 g/mol. The number of thiophene rings is 1. The molecule has 0 aliphatic heterocycles. The van der Waals surface area contributed by atoms with Crippen molar-refractivity contribution in [1.29, 1.82) is 0 Å². The van der Waals surface area contributed by atoms with Crippen LogP contribution in [-0.2, 0) is 19.6 Å². The lowest BCUT2D eigenvalue weighted by atomic mass is 10.2. The number of methoxy groups -OCH3 is 1. The maximum atomic E-state index is 5.95. The lowest BCUT2D eigenvalue weighted by Gasteiger charge is -2.12. The van der Waals surface area contributed by atoms with Gasteiger partial charge in [0.25, 0.3) is 0 Å². The Morgan fingerprint density at radius 2 is 1.88 bits per heavy atom. The number of halogens is 1. The van der Waals surface area contributed by atoms with Crippen LogP contribution < -0.4 is 14.8 Å². The first-order valence-electron chi connectivity index (χ1n) is 8.38. The molecule has 26 heavy (non-hydrogen) atoms. The minimum absolute atomic E-state index is 0.486. The quantitative estimate of drug-likeness (QED) is 0.539. The highest BCUT2D eigenvalue weighted by Crippen LogP contribution is 2.29. The average molecular weight is 389 g/mol. The fraction of sp³-hybridized carbons (Fsp3) is 0.250. The summed E-state index contributed by atoms with van der Waals surface area (Å²) in [5.74, 6) is 1.48. The molecule has 0 saturated carbocycles. The van der Waals surface area contributed by atoms with Crippen molar-refractivity contribution < 1.29 is 9.47 Å². The predicted octanol–water partition coefficient (Wildman–Crippen LogP) is 4.72. The second-order valence-electron chi connectivity index (χ2n) is 5.76. The number of hydrogen-bond acceptors (Lipinski definition) is 5. The lowest BCUT2D eigenvalue weighted by Crippen LogP contribution is -2.16. The maximum absolute atomic E-state index is 5.95. The van der Waals surface area contributed by atoms with Gasteiger partial charge in [-0.25, -0.2) is 0 Å². The van der Waals surface area contributed by atoms with Gasteiger partial charge in [-0.2, -0.15) is 0 Å². The zero-order chi connectivity index (χ0) is 18.2. The molecule has 0 bridgehead atoms. The molecule has 0 saturated heterocycles. The van der Waals surface area contributed by atoms with Crippen molar-refractivity contribution in [3.05, 3.63) is 75.2 Å². The first kappa shape index (κ1) is 18.7. The van der Waals surface area contributed by atoms with E-state index in [0.29, 0.717) is 6.61 Å². The van der Waals surface area contributed by atoms with Crippen LogP contribution in [0.25, 0.3) is 0 Å². The van der Waals surface area contributed by atoms with Gasteiger partial charge < -0.3 is 14.8 Å². The van der Waals surface area contributed by atoms with Gasteiger partial charge in [0.05, 0.1) is 11.4 Å². The molecule has 0 radical (unpaired) electrons. The van der Waals surface area contributed by atoms with E-state index in [4.69, 9.17) is 21.1 Å². The SMILES string of the molecule is COc1cc(CNCCc2ccc(Cl)s2)ccc1OCc1ccncc1. The van der Waals surface area contributed by atoms with Crippen molar-refractivity contribution in [2.75, 3.05) is 13.7 Å². The number of pyridine rings is 1. The molecular formula is C20H21ClN2O2S. The third-order valence-electron chi connectivity index (χ3n) is 3.88. The van der Waals surface area contributed by atoms with Crippen LogP contribution in [0.3, 0.4) is 0 Å². The van der Waals surface area contributed by atoms with Crippen molar-refractivity contribution in [3.63, 3.8) is 0 Å². The van der Waals surface area contributed by atoms with E-state index >= 15 is 0 Å². The van der Waals surface area contributed by atoms with Gasteiger partial charge in [0.15, 0.2) is 11.5 Å². The number of aromatic nitrogens is 1. The molecule has 0 aliphatic rings. The van der Waals surface area contributed by atoms with E-state index in [1.807, 2.05) is 30.3 Å². The van der Waals surface area contributed by atoms with Crippen LogP contribution in [-0.4, -0.2) is 18.6 Å². The summed E-state index contributed by atoms with van der Waals surface area (Å²) in [5.41, 5.74) is 2.23. The average Bonchev–Trinajstić information content (AvgIpc) is 3.10. The highest BCUT2D eigenvalue weighted by Gasteiger charge is 2.06. The number of nitrogens with one attached hydrogen (secondary N) is 1. The Kier molecular flexibility index (Phi) is 6.89. The van der Waals surface area contributed by atoms with E-state index in [9.17, 15) is 0 Å². The van der Waals surface area contributed by atoms with Gasteiger partial charge in [-0.1, -0.05) is 17.7 Å². The maximum Gasteiger partial charge on any atom is 0.161 e. The lowest BCUT2D eigenvalue weighted by molar-refractivity contribution is 0.284. The first-order valence-corrected chi connectivity index (χ1v) is 9.57. The van der Waals surface area contributed by atoms with Gasteiger partial charge in [-0.15, -0.1) is 11.3 Å². The van der Waals surface area contributed by atoms with Gasteiger partial charge in [-0.3, -0.25) is 4.98 Å². The zero-order valence-electron chi connectivity index (χ0n) is 14.6. The summed E-state index contributed by atoms with van der Waals surface area (Å²) in [7, 11) is 1.66. The first-order chi connectivity index (χ1) is 12.7. The molecule has 1 aromatic carbocycles. The summed E-state index contributed by atoms with van der Waals surface area (Å²) < 4.78 is 12.2. The van der Waals surface area contributed by atoms with Crippen LogP contribution in [0.1, 0.15) is 16.0 Å². The summed E-state index contributed by atoms with van der Waals surface area (Å²) in [6, 6.07) is 13.9. The Morgan fingerprint density at radius 1 is 1.04 bits per heavy atom. The van der Waals surface area contributed by atoms with Gasteiger partial charge in [0, 0.05) is 30.4 Å². The Hall–Kier alpha value is -2.08. The van der Waals surface area contributed by atoms with Crippen LogP contribution in [0.5, 0.6) is 11.5 Å². The number of benzene rings is 1. The van der Waals surface area contributed by atoms with Crippen molar-refractivity contribution in [2.45, 2.75) is 19.6 Å². The molecule has 6 heteroatoms. The van der Waals surface area contributed by atoms with E-state index in [2.05, 4.69) is 22.4 Å². The number of hydrogen-bond donors (Lipinski definition) is 1. The fourth-order valence-electron chi connectivity index (χ4n) is 2.51. The van der Waals surface area contributed by atoms with Crippen molar-refractivity contribution in [1.82, 2.24) is 10.3 Å². The Bertz CT molecular complexity index is 824. The van der Waals surface area contributed by atoms with Gasteiger partial charge >= 0.3 is 0 Å². The second-order valence-corrected chi connectivity index (χ2v) is 7.56. The van der Waals surface area contributed by atoms with E-state index in [0.717, 1.165) is 46.5 Å². The van der Waals surface area contributed by atoms with Crippen LogP contribution in [0, 0.1) is 0 Å². The van der Waals surface area contributed by atoms with Gasteiger partial charge in [0.1, 0.15) is 6.61 Å². The van der Waals surface area contributed by atoms with Crippen molar-refractivity contribution in [3.8, 4) is 11.5 Å². The molecule has 0 aliphatic carbocycles. The fourth-order valence-corrected chi connectivity index (χ4v) is 3.60. The zero-order valence-corrected chi connectivity index (χ0v) is 16.1. The normalized spacial score (nSPS) is 10.7. The molecule has 136 valence electrons. The summed E-state index contributed by atoms with van der Waals surface area (Å²) in [5, 5.41) is 3.45. The minimum Gasteiger partial charge on any atom is -0.493 e. The molecule has 2 aromatic heterocycles. The molecule has 0 amide bonds. The van der Waals surface area contributed by atoms with E-state index < -0.39 is 0 Å². The highest BCUT2D eigenvalue weighted by molar-refractivity contribution is 7.16. The minimum atomic E-state index is 0.486. The van der Waals surface area contributed by atoms with E-state index in [-0.39, 0.29) is 0 Å². The molecule has 0 fully saturated rings. The topological polar surface area (TPSA) is 43.4 Å². The molecule has 0 atom stereocenters. The summed E-state index contributed by atoms with van der Waals surface area (Å²) in [4.78, 5) is 5.30. The predicted molar refractivity (Wildman–Crippen MR) is 106 cm³/mol. The third kappa shape index (κ3) is 5.46. The molecule has 4 nitrogen and oxygen atoms in total. The van der Waals surface area contributed by atoms with Crippen molar-refractivity contribution in [2.24, 2.45) is 0 Å². The summed E-state index contributed by atoms with van der Waals surface area (Å²) in [6.07, 6.45) is 4.49. The summed E-state index contributed by atoms with van der Waals surface area (Å²) >= 11 is 7.58. The molecule has 3 aromatic rings. The molecule has 1 N–H and O–H groups in total. The van der Waals surface area contributed by atoms with E-state index in [1.165, 1.54) is 4.88 Å². The summed E-state index contributed by atoms with van der Waals surface area (Å²) in [6.45, 7) is 2.17. The Morgan fingerprint density at radius 3 is 2.62 bits per heavy atom. The Labute approximate surface area is 162 Å². The number of rotatable bonds is 9. The second kappa shape index (κ2) is 9.57. The number of nitrogens with zero attached hydrogens (tertiary/aromatic N) is 1. The molecule has 3 rings (SSSR count). The monoisotopic (exact) mass is 388 g/mol. The van der Waals surface area contributed by atoms with Crippen LogP contribution in [0.4, 0.5) is 0 Å². The van der Waals surface area contributed by atoms with Crippen LogP contribution in [0.2, 0.25) is 4.34 Å². The Balaban J connectivity index is 1.50. The molecule has 0 spiro atoms. The van der Waals surface area contributed by atoms with Gasteiger partial charge in [0.2, 0.25) is 0 Å². The largest absolute Gasteiger partial charge is 0.493 e. The molecule has 0 unspecified atom stereocenters. The third-order valence-corrected chi connectivity index (χ3v) is 5.17. The molecule has 2 heterocycles. The van der Waals surface area contributed by atoms with E-state index in [1.54, 1.807) is 30.8 Å². The highest BCUT2D eigenvalue weighted by atomic mass is 35.5. The van der Waals surface area contributed by atoms with Crippen LogP contribution >= 0.6 is 22.9 Å². The van der Waals surface area contributed by atoms with Crippen molar-refractivity contribution >= 4 is 22.9 Å².